The maximum Gasteiger partial charge on any atom is 0.339 e. The van der Waals surface area contributed by atoms with Gasteiger partial charge in [-0.05, 0) is 36.8 Å². The lowest BCUT2D eigenvalue weighted by atomic mass is 10.1. The Bertz CT molecular complexity index is 544. The van der Waals surface area contributed by atoms with Crippen molar-refractivity contribution in [3.63, 3.8) is 0 Å². The quantitative estimate of drug-likeness (QED) is 0.817. The number of benzene rings is 2. The highest BCUT2D eigenvalue weighted by Gasteiger charge is 2.10. The molecular formula is C14H14FNO3. The maximum absolute atomic E-state index is 11.9. The van der Waals surface area contributed by atoms with Gasteiger partial charge in [-0.25, -0.2) is 9.18 Å². The summed E-state index contributed by atoms with van der Waals surface area (Å²) in [4.78, 5) is 15.0. The number of nitrogens with two attached hydrogens (primary N) is 1. The van der Waals surface area contributed by atoms with Gasteiger partial charge in [-0.2, -0.15) is 5.90 Å². The summed E-state index contributed by atoms with van der Waals surface area (Å²) in [6, 6.07) is 12.7. The third-order valence-electron chi connectivity index (χ3n) is 2.23. The van der Waals surface area contributed by atoms with E-state index in [2.05, 4.69) is 4.84 Å². The van der Waals surface area contributed by atoms with Crippen LogP contribution in [0.5, 0.6) is 5.75 Å². The van der Waals surface area contributed by atoms with E-state index >= 15 is 0 Å². The Balaban J connectivity index is 0.000000218. The Kier molecular flexibility index (Phi) is 5.50. The SMILES string of the molecule is Cc1ccc(ON)c(C(=O)O)c1.Fc1ccccc1. The molecule has 0 saturated carbocycles. The molecule has 4 nitrogen and oxygen atoms in total. The Morgan fingerprint density at radius 3 is 2.26 bits per heavy atom. The number of rotatable bonds is 2. The molecule has 0 unspecified atom stereocenters. The van der Waals surface area contributed by atoms with Gasteiger partial charge < -0.3 is 9.94 Å². The number of halogens is 1. The molecule has 0 aromatic heterocycles. The molecule has 0 amide bonds. The van der Waals surface area contributed by atoms with E-state index < -0.39 is 5.97 Å². The van der Waals surface area contributed by atoms with Crippen molar-refractivity contribution in [1.29, 1.82) is 0 Å². The highest BCUT2D eigenvalue weighted by molar-refractivity contribution is 5.91. The summed E-state index contributed by atoms with van der Waals surface area (Å²) in [5.41, 5.74) is 0.936. The first-order valence-electron chi connectivity index (χ1n) is 5.46. The zero-order valence-corrected chi connectivity index (χ0v) is 10.3. The number of aryl methyl sites for hydroxylation is 1. The second-order valence-electron chi connectivity index (χ2n) is 3.72. The molecule has 0 spiro atoms. The number of aromatic carboxylic acids is 1. The van der Waals surface area contributed by atoms with Crippen LogP contribution in [0.1, 0.15) is 15.9 Å². The molecular weight excluding hydrogens is 249 g/mol. The third-order valence-corrected chi connectivity index (χ3v) is 2.23. The lowest BCUT2D eigenvalue weighted by molar-refractivity contribution is 0.0692. The second-order valence-corrected chi connectivity index (χ2v) is 3.72. The average molecular weight is 263 g/mol. The fourth-order valence-electron chi connectivity index (χ4n) is 1.33. The Labute approximate surface area is 110 Å². The minimum Gasteiger partial charge on any atom is -0.478 e. The van der Waals surface area contributed by atoms with Crippen molar-refractivity contribution < 1.29 is 19.1 Å². The molecule has 0 aliphatic carbocycles. The molecule has 0 heterocycles. The van der Waals surface area contributed by atoms with E-state index in [4.69, 9.17) is 11.0 Å². The minimum atomic E-state index is -1.04. The van der Waals surface area contributed by atoms with Crippen LogP contribution in [0.15, 0.2) is 48.5 Å². The van der Waals surface area contributed by atoms with Crippen LogP contribution < -0.4 is 10.7 Å². The number of carboxylic acids is 1. The minimum absolute atomic E-state index is 0.0810. The van der Waals surface area contributed by atoms with E-state index in [0.29, 0.717) is 0 Å². The van der Waals surface area contributed by atoms with Crippen LogP contribution in [-0.4, -0.2) is 11.1 Å². The van der Waals surface area contributed by atoms with Crippen LogP contribution in [0.4, 0.5) is 4.39 Å². The van der Waals surface area contributed by atoms with Gasteiger partial charge in [0.1, 0.15) is 11.4 Å². The van der Waals surface area contributed by atoms with Gasteiger partial charge in [-0.15, -0.1) is 0 Å². The zero-order chi connectivity index (χ0) is 14.3. The van der Waals surface area contributed by atoms with Crippen molar-refractivity contribution >= 4 is 5.97 Å². The highest BCUT2D eigenvalue weighted by Crippen LogP contribution is 2.18. The standard InChI is InChI=1S/C8H9NO3.C6H5F/c1-5-2-3-7(12-9)6(4-5)8(10)11;7-6-4-2-1-3-5-6/h2-4H,9H2,1H3,(H,10,11);1-5H. The molecule has 19 heavy (non-hydrogen) atoms. The summed E-state index contributed by atoms with van der Waals surface area (Å²) in [5, 5.41) is 8.69. The van der Waals surface area contributed by atoms with Crippen LogP contribution in [0.3, 0.4) is 0 Å². The predicted molar refractivity (Wildman–Crippen MR) is 69.4 cm³/mol. The van der Waals surface area contributed by atoms with Crippen LogP contribution in [0.25, 0.3) is 0 Å². The maximum atomic E-state index is 11.9. The van der Waals surface area contributed by atoms with E-state index in [-0.39, 0.29) is 17.1 Å². The van der Waals surface area contributed by atoms with Crippen molar-refractivity contribution in [3.05, 3.63) is 65.5 Å². The summed E-state index contributed by atoms with van der Waals surface area (Å²) in [6.07, 6.45) is 0. The van der Waals surface area contributed by atoms with Crippen LogP contribution in [0, 0.1) is 12.7 Å². The summed E-state index contributed by atoms with van der Waals surface area (Å²) in [6.45, 7) is 1.80. The lowest BCUT2D eigenvalue weighted by Crippen LogP contribution is -2.08. The van der Waals surface area contributed by atoms with Gasteiger partial charge in [-0.3, -0.25) is 0 Å². The molecule has 0 aliphatic rings. The summed E-state index contributed by atoms with van der Waals surface area (Å²) >= 11 is 0. The third kappa shape index (κ3) is 4.77. The lowest BCUT2D eigenvalue weighted by Gasteiger charge is -2.03. The molecule has 0 bridgehead atoms. The van der Waals surface area contributed by atoms with Crippen LogP contribution in [-0.2, 0) is 0 Å². The molecule has 0 atom stereocenters. The van der Waals surface area contributed by atoms with E-state index in [0.717, 1.165) is 5.56 Å². The number of hydrogen-bond donors (Lipinski definition) is 2. The summed E-state index contributed by atoms with van der Waals surface area (Å²) in [5.74, 6) is 3.83. The molecule has 3 N–H and O–H groups in total. The summed E-state index contributed by atoms with van der Waals surface area (Å²) < 4.78 is 11.9. The fourth-order valence-corrected chi connectivity index (χ4v) is 1.33. The number of carbonyl (C=O) groups is 1. The van der Waals surface area contributed by atoms with Crippen molar-refractivity contribution in [2.24, 2.45) is 5.90 Å². The van der Waals surface area contributed by atoms with E-state index in [1.54, 1.807) is 31.2 Å². The molecule has 2 rings (SSSR count). The van der Waals surface area contributed by atoms with E-state index in [1.165, 1.54) is 24.3 Å². The highest BCUT2D eigenvalue weighted by atomic mass is 19.1. The van der Waals surface area contributed by atoms with Crippen molar-refractivity contribution in [2.75, 3.05) is 0 Å². The van der Waals surface area contributed by atoms with Crippen molar-refractivity contribution in [1.82, 2.24) is 0 Å². The topological polar surface area (TPSA) is 72.5 Å². The van der Waals surface area contributed by atoms with Gasteiger partial charge in [0.05, 0.1) is 0 Å². The van der Waals surface area contributed by atoms with Crippen LogP contribution in [0.2, 0.25) is 0 Å². The molecule has 2 aromatic rings. The van der Waals surface area contributed by atoms with Gasteiger partial charge in [-0.1, -0.05) is 24.3 Å². The molecule has 5 heteroatoms. The molecule has 0 saturated heterocycles. The molecule has 0 aliphatic heterocycles. The predicted octanol–water partition coefficient (Wildman–Crippen LogP) is 2.77. The van der Waals surface area contributed by atoms with Gasteiger partial charge in [0.25, 0.3) is 0 Å². The first-order chi connectivity index (χ1) is 9.04. The van der Waals surface area contributed by atoms with Crippen LogP contribution >= 0.6 is 0 Å². The van der Waals surface area contributed by atoms with Crippen molar-refractivity contribution in [2.45, 2.75) is 6.92 Å². The average Bonchev–Trinajstić information content (AvgIpc) is 2.40. The van der Waals surface area contributed by atoms with Gasteiger partial charge >= 0.3 is 5.97 Å². The number of carboxylic acid groups (broad SMARTS) is 1. The second kappa shape index (κ2) is 7.13. The normalized spacial score (nSPS) is 9.21. The van der Waals surface area contributed by atoms with E-state index in [9.17, 15) is 9.18 Å². The Morgan fingerprint density at radius 1 is 1.21 bits per heavy atom. The van der Waals surface area contributed by atoms with Crippen molar-refractivity contribution in [3.8, 4) is 5.75 Å². The van der Waals surface area contributed by atoms with Gasteiger partial charge in [0, 0.05) is 0 Å². The fraction of sp³-hybridized carbons (Fsp3) is 0.0714. The summed E-state index contributed by atoms with van der Waals surface area (Å²) in [7, 11) is 0. The monoisotopic (exact) mass is 263 g/mol. The zero-order valence-electron chi connectivity index (χ0n) is 10.3. The molecule has 0 fully saturated rings. The first-order valence-corrected chi connectivity index (χ1v) is 5.46. The Morgan fingerprint density at radius 2 is 1.84 bits per heavy atom. The van der Waals surface area contributed by atoms with E-state index in [1.807, 2.05) is 0 Å². The number of hydrogen-bond acceptors (Lipinski definition) is 3. The van der Waals surface area contributed by atoms with Gasteiger partial charge in [0.2, 0.25) is 0 Å². The van der Waals surface area contributed by atoms with Gasteiger partial charge in [0.15, 0.2) is 5.75 Å². The first kappa shape index (κ1) is 14.7. The smallest absolute Gasteiger partial charge is 0.339 e. The molecule has 100 valence electrons. The Hall–Kier alpha value is -2.40. The molecule has 0 radical (unpaired) electrons. The molecule has 2 aromatic carbocycles. The largest absolute Gasteiger partial charge is 0.478 e.